The fourth-order valence-corrected chi connectivity index (χ4v) is 2.57. The van der Waals surface area contributed by atoms with E-state index in [-0.39, 0.29) is 5.92 Å². The minimum absolute atomic E-state index is 0.135. The first-order chi connectivity index (χ1) is 9.42. The Hall–Kier alpha value is -2.36. The SMILES string of the molecule is C1=CC2=NN=C(N3CCc4ccccc4O3)C2C=C1. The van der Waals surface area contributed by atoms with Crippen LogP contribution in [0, 0.1) is 5.92 Å². The van der Waals surface area contributed by atoms with Crippen molar-refractivity contribution in [1.29, 1.82) is 0 Å². The molecule has 19 heavy (non-hydrogen) atoms. The van der Waals surface area contributed by atoms with Crippen molar-refractivity contribution in [2.75, 3.05) is 6.54 Å². The summed E-state index contributed by atoms with van der Waals surface area (Å²) >= 11 is 0. The molecule has 0 bridgehead atoms. The number of hydroxylamine groups is 2. The van der Waals surface area contributed by atoms with Gasteiger partial charge in [0.2, 0.25) is 0 Å². The van der Waals surface area contributed by atoms with E-state index in [4.69, 9.17) is 4.84 Å². The molecule has 0 radical (unpaired) electrons. The monoisotopic (exact) mass is 251 g/mol. The molecule has 4 rings (SSSR count). The maximum Gasteiger partial charge on any atom is 0.175 e. The Bertz CT molecular complexity index is 643. The number of hydrogen-bond acceptors (Lipinski definition) is 4. The van der Waals surface area contributed by atoms with Crippen molar-refractivity contribution >= 4 is 11.5 Å². The van der Waals surface area contributed by atoms with E-state index in [2.05, 4.69) is 22.3 Å². The highest BCUT2D eigenvalue weighted by Gasteiger charge is 2.32. The summed E-state index contributed by atoms with van der Waals surface area (Å²) in [6, 6.07) is 8.13. The number of allylic oxidation sites excluding steroid dienone is 3. The molecule has 1 atom stereocenters. The molecule has 94 valence electrons. The lowest BCUT2D eigenvalue weighted by molar-refractivity contribution is 0.00390. The van der Waals surface area contributed by atoms with Gasteiger partial charge in [-0.2, -0.15) is 10.2 Å². The maximum absolute atomic E-state index is 5.94. The first kappa shape index (κ1) is 10.6. The van der Waals surface area contributed by atoms with Crippen LogP contribution >= 0.6 is 0 Å². The number of para-hydroxylation sites is 1. The molecule has 2 heterocycles. The van der Waals surface area contributed by atoms with Gasteiger partial charge in [0.05, 0.1) is 18.2 Å². The van der Waals surface area contributed by atoms with E-state index in [0.717, 1.165) is 30.3 Å². The second-order valence-electron chi connectivity index (χ2n) is 4.76. The summed E-state index contributed by atoms with van der Waals surface area (Å²) in [7, 11) is 0. The fraction of sp³-hybridized carbons (Fsp3) is 0.200. The Kier molecular flexibility index (Phi) is 2.27. The molecule has 3 aliphatic rings. The molecule has 0 fully saturated rings. The van der Waals surface area contributed by atoms with Crippen LogP contribution in [0.2, 0.25) is 0 Å². The minimum Gasteiger partial charge on any atom is -0.378 e. The maximum atomic E-state index is 5.94. The number of nitrogens with zero attached hydrogens (tertiary/aromatic N) is 3. The highest BCUT2D eigenvalue weighted by atomic mass is 16.7. The van der Waals surface area contributed by atoms with Crippen molar-refractivity contribution in [3.05, 3.63) is 54.1 Å². The first-order valence-corrected chi connectivity index (χ1v) is 6.45. The van der Waals surface area contributed by atoms with Crippen molar-refractivity contribution in [2.45, 2.75) is 6.42 Å². The van der Waals surface area contributed by atoms with E-state index in [1.54, 1.807) is 0 Å². The molecular weight excluding hydrogens is 238 g/mol. The highest BCUT2D eigenvalue weighted by molar-refractivity contribution is 6.16. The third-order valence-electron chi connectivity index (χ3n) is 3.57. The standard InChI is InChI=1S/C15H13N3O/c1-4-8-14-11(5-1)9-10-18(19-14)15-12-6-2-3-7-13(12)16-17-15/h1-8,12H,9-10H2. The van der Waals surface area contributed by atoms with Crippen LogP contribution < -0.4 is 4.84 Å². The van der Waals surface area contributed by atoms with Gasteiger partial charge >= 0.3 is 0 Å². The van der Waals surface area contributed by atoms with E-state index in [1.807, 2.05) is 41.5 Å². The molecule has 4 nitrogen and oxygen atoms in total. The van der Waals surface area contributed by atoms with Crippen molar-refractivity contribution < 1.29 is 4.84 Å². The third-order valence-corrected chi connectivity index (χ3v) is 3.57. The number of benzene rings is 1. The van der Waals surface area contributed by atoms with E-state index in [1.165, 1.54) is 5.56 Å². The summed E-state index contributed by atoms with van der Waals surface area (Å²) in [4.78, 5) is 5.94. The average molecular weight is 251 g/mol. The lowest BCUT2D eigenvalue weighted by atomic mass is 9.97. The van der Waals surface area contributed by atoms with Gasteiger partial charge in [0.15, 0.2) is 11.6 Å². The third kappa shape index (κ3) is 1.68. The van der Waals surface area contributed by atoms with Gasteiger partial charge in [-0.25, -0.2) is 0 Å². The average Bonchev–Trinajstić information content (AvgIpc) is 2.91. The van der Waals surface area contributed by atoms with E-state index < -0.39 is 0 Å². The van der Waals surface area contributed by atoms with Gasteiger partial charge in [-0.3, -0.25) is 0 Å². The van der Waals surface area contributed by atoms with Gasteiger partial charge in [0.25, 0.3) is 0 Å². The Morgan fingerprint density at radius 2 is 2.11 bits per heavy atom. The number of fused-ring (bicyclic) bond motifs is 2. The molecule has 0 N–H and O–H groups in total. The summed E-state index contributed by atoms with van der Waals surface area (Å²) in [6.07, 6.45) is 9.09. The van der Waals surface area contributed by atoms with Crippen LogP contribution in [0.4, 0.5) is 0 Å². The molecule has 1 aliphatic carbocycles. The quantitative estimate of drug-likeness (QED) is 0.709. The summed E-state index contributed by atoms with van der Waals surface area (Å²) in [5.41, 5.74) is 2.23. The van der Waals surface area contributed by atoms with Crippen LogP contribution in [-0.4, -0.2) is 23.2 Å². The number of rotatable bonds is 0. The molecule has 1 unspecified atom stereocenters. The van der Waals surface area contributed by atoms with Gasteiger partial charge < -0.3 is 4.84 Å². The zero-order chi connectivity index (χ0) is 12.7. The van der Waals surface area contributed by atoms with Gasteiger partial charge in [0.1, 0.15) is 0 Å². The van der Waals surface area contributed by atoms with Crippen LogP contribution in [0.5, 0.6) is 5.75 Å². The Balaban J connectivity index is 1.60. The summed E-state index contributed by atoms with van der Waals surface area (Å²) < 4.78 is 0. The smallest absolute Gasteiger partial charge is 0.175 e. The molecule has 4 heteroatoms. The zero-order valence-corrected chi connectivity index (χ0v) is 10.4. The predicted molar refractivity (Wildman–Crippen MR) is 74.1 cm³/mol. The summed E-state index contributed by atoms with van der Waals surface area (Å²) in [5.74, 6) is 1.93. The largest absolute Gasteiger partial charge is 0.378 e. The van der Waals surface area contributed by atoms with Crippen molar-refractivity contribution in [2.24, 2.45) is 16.1 Å². The topological polar surface area (TPSA) is 37.2 Å². The second kappa shape index (κ2) is 4.09. The van der Waals surface area contributed by atoms with Crippen molar-refractivity contribution in [3.63, 3.8) is 0 Å². The van der Waals surface area contributed by atoms with Gasteiger partial charge in [-0.15, -0.1) is 5.10 Å². The van der Waals surface area contributed by atoms with Crippen molar-refractivity contribution in [1.82, 2.24) is 5.06 Å². The number of amidine groups is 1. The normalized spacial score (nSPS) is 23.4. The molecule has 0 spiro atoms. The lowest BCUT2D eigenvalue weighted by Crippen LogP contribution is -2.42. The van der Waals surface area contributed by atoms with Crippen LogP contribution in [0.25, 0.3) is 0 Å². The fourth-order valence-electron chi connectivity index (χ4n) is 2.57. The predicted octanol–water partition coefficient (Wildman–Crippen LogP) is 2.35. The van der Waals surface area contributed by atoms with Crippen molar-refractivity contribution in [3.8, 4) is 5.75 Å². The molecule has 2 aliphatic heterocycles. The molecule has 0 amide bonds. The van der Waals surface area contributed by atoms with E-state index in [0.29, 0.717) is 0 Å². The molecule has 0 saturated heterocycles. The molecule has 0 aromatic heterocycles. The Labute approximate surface area is 111 Å². The summed E-state index contributed by atoms with van der Waals surface area (Å²) in [5, 5.41) is 10.4. The van der Waals surface area contributed by atoms with E-state index >= 15 is 0 Å². The molecular formula is C15H13N3O. The Morgan fingerprint density at radius 1 is 1.16 bits per heavy atom. The Morgan fingerprint density at radius 3 is 3.11 bits per heavy atom. The van der Waals surface area contributed by atoms with Gasteiger partial charge in [-0.05, 0) is 24.1 Å². The van der Waals surface area contributed by atoms with Crippen LogP contribution in [0.15, 0.2) is 58.8 Å². The first-order valence-electron chi connectivity index (χ1n) is 6.45. The van der Waals surface area contributed by atoms with Crippen LogP contribution in [-0.2, 0) is 6.42 Å². The molecule has 0 saturated carbocycles. The van der Waals surface area contributed by atoms with E-state index in [9.17, 15) is 0 Å². The summed E-state index contributed by atoms with van der Waals surface area (Å²) in [6.45, 7) is 0.812. The van der Waals surface area contributed by atoms with Crippen LogP contribution in [0.1, 0.15) is 5.56 Å². The second-order valence-corrected chi connectivity index (χ2v) is 4.76. The van der Waals surface area contributed by atoms with Gasteiger partial charge in [0, 0.05) is 0 Å². The highest BCUT2D eigenvalue weighted by Crippen LogP contribution is 2.28. The minimum atomic E-state index is 0.135. The van der Waals surface area contributed by atoms with Crippen LogP contribution in [0.3, 0.4) is 0 Å². The molecule has 1 aromatic rings. The zero-order valence-electron chi connectivity index (χ0n) is 10.4. The number of hydrogen-bond donors (Lipinski definition) is 0. The lowest BCUT2D eigenvalue weighted by Gasteiger charge is -2.31. The molecule has 1 aromatic carbocycles. The van der Waals surface area contributed by atoms with Gasteiger partial charge in [-0.1, -0.05) is 36.4 Å².